The smallest absolute Gasteiger partial charge is 0.180 e. The van der Waals surface area contributed by atoms with Gasteiger partial charge in [0.1, 0.15) is 5.75 Å². The highest BCUT2D eigenvalue weighted by Crippen LogP contribution is 2.70. The molecule has 0 N–H and O–H groups in total. The summed E-state index contributed by atoms with van der Waals surface area (Å²) >= 11 is 0. The van der Waals surface area contributed by atoms with E-state index in [-0.39, 0.29) is 5.41 Å². The number of hydrogen-bond donors (Lipinski definition) is 0. The summed E-state index contributed by atoms with van der Waals surface area (Å²) in [7, 11) is 1.25. The van der Waals surface area contributed by atoms with Gasteiger partial charge in [0.25, 0.3) is 0 Å². The van der Waals surface area contributed by atoms with Gasteiger partial charge >= 0.3 is 0 Å². The molecule has 0 saturated carbocycles. The van der Waals surface area contributed by atoms with Crippen LogP contribution < -0.4 is 14.4 Å². The summed E-state index contributed by atoms with van der Waals surface area (Å²) in [6.07, 6.45) is 2.07. The number of para-hydroxylation sites is 2. The number of allylic oxidation sites excluding steroid dienone is 2. The molecule has 0 aliphatic carbocycles. The van der Waals surface area contributed by atoms with Crippen molar-refractivity contribution < 1.29 is 9.47 Å². The molecule has 3 aromatic carbocycles. The van der Waals surface area contributed by atoms with Crippen LogP contribution in [0.4, 0.5) is 17.1 Å². The highest BCUT2D eigenvalue weighted by Gasteiger charge is 2.49. The second-order valence-corrected chi connectivity index (χ2v) is 13.0. The second kappa shape index (κ2) is 9.73. The van der Waals surface area contributed by atoms with E-state index >= 15 is 0 Å². The molecule has 0 aromatic heterocycles. The zero-order chi connectivity index (χ0) is 26.3. The number of benzene rings is 3. The summed E-state index contributed by atoms with van der Waals surface area (Å²) in [5.74, 6) is 0.816. The maximum Gasteiger partial charge on any atom is 0.180 e. The van der Waals surface area contributed by atoms with Gasteiger partial charge in [-0.3, -0.25) is 0 Å². The molecule has 1 atom stereocenters. The number of ether oxygens (including phenoxy) is 2. The summed E-state index contributed by atoms with van der Waals surface area (Å²) in [6, 6.07) is 27.2. The van der Waals surface area contributed by atoms with Crippen LogP contribution >= 0.6 is 7.36 Å². The Balaban J connectivity index is 1.67. The molecule has 0 spiro atoms. The Hall–Kier alpha value is -3.38. The van der Waals surface area contributed by atoms with Crippen molar-refractivity contribution >= 4 is 30.6 Å². The highest BCUT2D eigenvalue weighted by molar-refractivity contribution is 7.71. The molecule has 38 heavy (non-hydrogen) atoms. The average molecular weight is 528 g/mol. The molecule has 0 bridgehead atoms. The van der Waals surface area contributed by atoms with E-state index in [0.717, 1.165) is 30.2 Å². The van der Waals surface area contributed by atoms with Crippen molar-refractivity contribution in [3.8, 4) is 5.75 Å². The SMILES string of the molecule is COc1ccc(N=[P@]2(N3CCOCC3)/C(=C3/N(C)c4ccccc4C3(C)C)C=NN2c2ccccc2)cc1. The standard InChI is InChI=1S/C30H34N5O2P/c1-30(2)26-12-8-9-13-27(26)33(3)29(30)28-22-31-35(24-10-6-5-7-11-24)38(28,34-18-20-37-21-19-34)32-23-14-16-25(36-4)17-15-23/h5-17,22H,18-21H2,1-4H3/b29-28+/t38-/m0/s1. The van der Waals surface area contributed by atoms with E-state index in [4.69, 9.17) is 19.3 Å². The number of methoxy groups -OCH3 is 1. The van der Waals surface area contributed by atoms with E-state index < -0.39 is 7.36 Å². The minimum absolute atomic E-state index is 0.216. The lowest BCUT2D eigenvalue weighted by atomic mass is 9.84. The van der Waals surface area contributed by atoms with Crippen molar-refractivity contribution in [1.29, 1.82) is 0 Å². The molecular formula is C30H34N5O2P. The maximum absolute atomic E-state index is 5.83. The molecule has 1 fully saturated rings. The number of hydrogen-bond acceptors (Lipinski definition) is 5. The van der Waals surface area contributed by atoms with Crippen molar-refractivity contribution in [2.24, 2.45) is 9.85 Å². The summed E-state index contributed by atoms with van der Waals surface area (Å²) in [4.78, 5) is 2.35. The highest BCUT2D eigenvalue weighted by atomic mass is 31.2. The Morgan fingerprint density at radius 1 is 0.921 bits per heavy atom. The largest absolute Gasteiger partial charge is 0.497 e. The summed E-state index contributed by atoms with van der Waals surface area (Å²) in [5.41, 5.74) is 5.53. The van der Waals surface area contributed by atoms with Crippen LogP contribution in [0.5, 0.6) is 5.75 Å². The van der Waals surface area contributed by atoms with Crippen molar-refractivity contribution in [2.45, 2.75) is 19.3 Å². The first-order chi connectivity index (χ1) is 18.5. The number of hydrazone groups is 1. The Labute approximate surface area is 225 Å². The minimum Gasteiger partial charge on any atom is -0.497 e. The summed E-state index contributed by atoms with van der Waals surface area (Å²) < 4.78 is 21.7. The first kappa shape index (κ1) is 24.9. The third-order valence-corrected chi connectivity index (χ3v) is 11.2. The maximum atomic E-state index is 5.83. The van der Waals surface area contributed by atoms with Gasteiger partial charge < -0.3 is 14.4 Å². The third-order valence-electron chi connectivity index (χ3n) is 7.68. The van der Waals surface area contributed by atoms with Crippen LogP contribution in [0.15, 0.2) is 99.7 Å². The number of nitrogens with zero attached hydrogens (tertiary/aromatic N) is 5. The van der Waals surface area contributed by atoms with Gasteiger partial charge in [-0.1, -0.05) is 50.2 Å². The number of morpholine rings is 1. The number of anilines is 2. The van der Waals surface area contributed by atoms with E-state index in [2.05, 4.69) is 90.0 Å². The number of likely N-dealkylation sites (N-methyl/N-ethyl adjacent to an activating group) is 1. The van der Waals surface area contributed by atoms with Gasteiger partial charge in [0.05, 0.1) is 43.2 Å². The minimum atomic E-state index is -2.62. The van der Waals surface area contributed by atoms with Crippen LogP contribution in [0.2, 0.25) is 0 Å². The zero-order valence-corrected chi connectivity index (χ0v) is 23.3. The quantitative estimate of drug-likeness (QED) is 0.348. The Bertz CT molecular complexity index is 1440. The third kappa shape index (κ3) is 3.89. The van der Waals surface area contributed by atoms with Crippen LogP contribution in [0.1, 0.15) is 19.4 Å². The molecular weight excluding hydrogens is 493 g/mol. The second-order valence-electron chi connectivity index (χ2n) is 10.2. The van der Waals surface area contributed by atoms with E-state index in [0.29, 0.717) is 13.2 Å². The molecule has 1 saturated heterocycles. The molecule has 3 aliphatic heterocycles. The lowest BCUT2D eigenvalue weighted by Gasteiger charge is -2.42. The molecule has 3 heterocycles. The summed E-state index contributed by atoms with van der Waals surface area (Å²) in [6.45, 7) is 7.55. The lowest BCUT2D eigenvalue weighted by molar-refractivity contribution is 0.0743. The predicted octanol–water partition coefficient (Wildman–Crippen LogP) is 6.84. The van der Waals surface area contributed by atoms with E-state index in [1.165, 1.54) is 22.3 Å². The van der Waals surface area contributed by atoms with Crippen molar-refractivity contribution in [3.05, 3.63) is 95.4 Å². The Morgan fingerprint density at radius 3 is 2.29 bits per heavy atom. The Morgan fingerprint density at radius 2 is 1.61 bits per heavy atom. The van der Waals surface area contributed by atoms with Crippen LogP contribution in [0.3, 0.4) is 0 Å². The predicted molar refractivity (Wildman–Crippen MR) is 157 cm³/mol. The van der Waals surface area contributed by atoms with Crippen LogP contribution in [0.25, 0.3) is 0 Å². The molecule has 6 rings (SSSR count). The zero-order valence-electron chi connectivity index (χ0n) is 22.4. The molecule has 7 nitrogen and oxygen atoms in total. The normalized spacial score (nSPS) is 24.5. The van der Waals surface area contributed by atoms with Gasteiger partial charge in [-0.2, -0.15) is 5.10 Å². The van der Waals surface area contributed by atoms with Gasteiger partial charge in [0.15, 0.2) is 7.36 Å². The number of rotatable bonds is 4. The van der Waals surface area contributed by atoms with Gasteiger partial charge in [-0.25, -0.2) is 14.2 Å². The van der Waals surface area contributed by atoms with Gasteiger partial charge in [-0.15, -0.1) is 0 Å². The molecule has 196 valence electrons. The fourth-order valence-corrected chi connectivity index (χ4v) is 9.70. The molecule has 8 heteroatoms. The molecule has 3 aromatic rings. The van der Waals surface area contributed by atoms with Crippen LogP contribution in [-0.2, 0) is 10.2 Å². The molecule has 0 unspecified atom stereocenters. The van der Waals surface area contributed by atoms with Crippen LogP contribution in [-0.4, -0.2) is 51.3 Å². The van der Waals surface area contributed by atoms with Crippen molar-refractivity contribution in [2.75, 3.05) is 50.1 Å². The first-order valence-electron chi connectivity index (χ1n) is 13.0. The van der Waals surface area contributed by atoms with Gasteiger partial charge in [0, 0.05) is 36.9 Å². The number of fused-ring (bicyclic) bond motifs is 1. The molecule has 0 radical (unpaired) electrons. The van der Waals surface area contributed by atoms with E-state index in [1.807, 2.05) is 30.3 Å². The lowest BCUT2D eigenvalue weighted by Crippen LogP contribution is -2.38. The Kier molecular flexibility index (Phi) is 6.39. The summed E-state index contributed by atoms with van der Waals surface area (Å²) in [5, 5.41) is 6.31. The molecule has 3 aliphatic rings. The van der Waals surface area contributed by atoms with E-state index in [1.54, 1.807) is 7.11 Å². The topological polar surface area (TPSA) is 52.9 Å². The monoisotopic (exact) mass is 527 g/mol. The molecule has 0 amide bonds. The van der Waals surface area contributed by atoms with Crippen LogP contribution in [0, 0.1) is 0 Å². The fraction of sp³-hybridized carbons (Fsp3) is 0.300. The van der Waals surface area contributed by atoms with Crippen molar-refractivity contribution in [3.63, 3.8) is 0 Å². The van der Waals surface area contributed by atoms with Crippen molar-refractivity contribution in [1.82, 2.24) is 4.67 Å². The van der Waals surface area contributed by atoms with Gasteiger partial charge in [0.2, 0.25) is 0 Å². The van der Waals surface area contributed by atoms with Gasteiger partial charge in [-0.05, 0) is 48.0 Å². The fourth-order valence-electron chi connectivity index (χ4n) is 5.88. The average Bonchev–Trinajstić information content (AvgIpc) is 3.42. The van der Waals surface area contributed by atoms with E-state index in [9.17, 15) is 0 Å². The first-order valence-corrected chi connectivity index (χ1v) is 14.7.